The average molecular weight is 484 g/mol. The van der Waals surface area contributed by atoms with E-state index in [2.05, 4.69) is 15.6 Å². The Hall–Kier alpha value is -2.93. The summed E-state index contributed by atoms with van der Waals surface area (Å²) in [4.78, 5) is 30.9. The molecule has 0 bridgehead atoms. The van der Waals surface area contributed by atoms with Gasteiger partial charge in [0.1, 0.15) is 11.5 Å². The number of halogens is 2. The van der Waals surface area contributed by atoms with Gasteiger partial charge in [0.2, 0.25) is 5.91 Å². The number of nitrogens with zero attached hydrogens (tertiary/aromatic N) is 3. The fourth-order valence-electron chi connectivity index (χ4n) is 5.45. The molecule has 178 valence electrons. The Balaban J connectivity index is 1.36. The van der Waals surface area contributed by atoms with Crippen LogP contribution >= 0.6 is 11.6 Å². The van der Waals surface area contributed by atoms with Crippen molar-refractivity contribution in [3.05, 3.63) is 64.2 Å². The van der Waals surface area contributed by atoms with Crippen LogP contribution in [-0.4, -0.2) is 38.0 Å². The first-order valence-corrected chi connectivity index (χ1v) is 12.2. The standard InChI is InChI=1S/C26H27ClFN3O3/c27-21-12-17(5-8-22(21)28)14-31-23-15-30(11-9-19(23)20-2-1-10-29-25(20)31)24(32)13-16-3-6-18(7-4-16)26(33)34/h1-2,5,8,10,12,16,18H,3-4,6-7,9,11,13-15H2,(H,33,34)/t16-,18-. The maximum atomic E-state index is 13.7. The van der Waals surface area contributed by atoms with Crippen molar-refractivity contribution in [3.63, 3.8) is 0 Å². The van der Waals surface area contributed by atoms with Crippen LogP contribution in [0, 0.1) is 17.7 Å². The Morgan fingerprint density at radius 3 is 2.71 bits per heavy atom. The number of hydrogen-bond donors (Lipinski definition) is 1. The highest BCUT2D eigenvalue weighted by Crippen LogP contribution is 2.34. The number of carbonyl (C=O) groups excluding carboxylic acids is 1. The van der Waals surface area contributed by atoms with Crippen molar-refractivity contribution < 1.29 is 19.1 Å². The highest BCUT2D eigenvalue weighted by Gasteiger charge is 2.31. The molecule has 2 aromatic heterocycles. The first kappa shape index (κ1) is 22.8. The first-order valence-electron chi connectivity index (χ1n) is 11.8. The maximum Gasteiger partial charge on any atom is 0.306 e. The van der Waals surface area contributed by atoms with Crippen molar-refractivity contribution in [2.45, 2.75) is 51.6 Å². The number of benzene rings is 1. The minimum absolute atomic E-state index is 0.0882. The summed E-state index contributed by atoms with van der Waals surface area (Å²) >= 11 is 6.01. The maximum absolute atomic E-state index is 13.7. The van der Waals surface area contributed by atoms with E-state index in [0.29, 0.717) is 38.9 Å². The Morgan fingerprint density at radius 2 is 1.97 bits per heavy atom. The van der Waals surface area contributed by atoms with E-state index < -0.39 is 11.8 Å². The molecule has 34 heavy (non-hydrogen) atoms. The van der Waals surface area contributed by atoms with Crippen molar-refractivity contribution >= 4 is 34.5 Å². The van der Waals surface area contributed by atoms with Crippen molar-refractivity contribution in [3.8, 4) is 0 Å². The normalized spacial score (nSPS) is 20.4. The largest absolute Gasteiger partial charge is 0.481 e. The molecule has 1 fully saturated rings. The Labute approximate surface area is 202 Å². The van der Waals surface area contributed by atoms with Gasteiger partial charge in [0.05, 0.1) is 17.5 Å². The monoisotopic (exact) mass is 483 g/mol. The molecule has 2 aliphatic rings. The molecular formula is C26H27ClFN3O3. The molecule has 3 aromatic rings. The van der Waals surface area contributed by atoms with E-state index in [4.69, 9.17) is 11.6 Å². The molecule has 0 saturated heterocycles. The summed E-state index contributed by atoms with van der Waals surface area (Å²) in [5, 5.41) is 10.4. The molecule has 0 spiro atoms. The molecule has 1 aromatic carbocycles. The zero-order valence-electron chi connectivity index (χ0n) is 18.8. The lowest BCUT2D eigenvalue weighted by molar-refractivity contribution is -0.143. The van der Waals surface area contributed by atoms with Crippen molar-refractivity contribution in [2.24, 2.45) is 11.8 Å². The molecule has 3 heterocycles. The Morgan fingerprint density at radius 1 is 1.18 bits per heavy atom. The van der Waals surface area contributed by atoms with Gasteiger partial charge in [-0.3, -0.25) is 9.59 Å². The summed E-state index contributed by atoms with van der Waals surface area (Å²) < 4.78 is 15.8. The Bertz CT molecular complexity index is 1250. The molecule has 5 rings (SSSR count). The fourth-order valence-corrected chi connectivity index (χ4v) is 5.66. The summed E-state index contributed by atoms with van der Waals surface area (Å²) in [5.74, 6) is -1.07. The number of carbonyl (C=O) groups is 2. The number of fused-ring (bicyclic) bond motifs is 3. The molecule has 0 unspecified atom stereocenters. The second-order valence-electron chi connectivity index (χ2n) is 9.46. The molecule has 1 amide bonds. The van der Waals surface area contributed by atoms with Crippen LogP contribution in [0.3, 0.4) is 0 Å². The van der Waals surface area contributed by atoms with Crippen molar-refractivity contribution in [1.82, 2.24) is 14.5 Å². The van der Waals surface area contributed by atoms with Crippen LogP contribution in [0.2, 0.25) is 5.02 Å². The number of aromatic nitrogens is 2. The zero-order chi connectivity index (χ0) is 23.8. The SMILES string of the molecule is O=C(C[C@H]1CC[C@H](C(=O)O)CC1)N1CCc2c(n(Cc3ccc(F)c(Cl)c3)c3ncccc23)C1. The highest BCUT2D eigenvalue weighted by molar-refractivity contribution is 6.30. The number of hydrogen-bond acceptors (Lipinski definition) is 3. The van der Waals surface area contributed by atoms with Gasteiger partial charge >= 0.3 is 5.97 Å². The van der Waals surface area contributed by atoms with Crippen LogP contribution in [0.15, 0.2) is 36.5 Å². The van der Waals surface area contributed by atoms with E-state index in [1.807, 2.05) is 11.0 Å². The summed E-state index contributed by atoms with van der Waals surface area (Å²) in [6, 6.07) is 8.72. The lowest BCUT2D eigenvalue weighted by Crippen LogP contribution is -2.38. The number of rotatable bonds is 5. The van der Waals surface area contributed by atoms with E-state index in [1.54, 1.807) is 18.3 Å². The predicted molar refractivity (Wildman–Crippen MR) is 127 cm³/mol. The third-order valence-corrected chi connectivity index (χ3v) is 7.64. The third-order valence-electron chi connectivity index (χ3n) is 7.35. The lowest BCUT2D eigenvalue weighted by atomic mass is 9.80. The summed E-state index contributed by atoms with van der Waals surface area (Å²) in [6.07, 6.45) is 5.86. The molecule has 1 N–H and O–H groups in total. The fraction of sp³-hybridized carbons (Fsp3) is 0.423. The van der Waals surface area contributed by atoms with E-state index in [-0.39, 0.29) is 22.8 Å². The summed E-state index contributed by atoms with van der Waals surface area (Å²) in [6.45, 7) is 1.65. The second-order valence-corrected chi connectivity index (χ2v) is 9.87. The van der Waals surface area contributed by atoms with Gasteiger partial charge in [-0.25, -0.2) is 9.37 Å². The zero-order valence-corrected chi connectivity index (χ0v) is 19.6. The third kappa shape index (κ3) is 4.41. The number of pyridine rings is 1. The predicted octanol–water partition coefficient (Wildman–Crippen LogP) is 5.04. The van der Waals surface area contributed by atoms with Gasteiger partial charge in [0.15, 0.2) is 0 Å². The van der Waals surface area contributed by atoms with Crippen molar-refractivity contribution in [2.75, 3.05) is 6.54 Å². The molecule has 1 aliphatic heterocycles. The summed E-state index contributed by atoms with van der Waals surface area (Å²) in [5.41, 5.74) is 4.00. The van der Waals surface area contributed by atoms with Gasteiger partial charge < -0.3 is 14.6 Å². The van der Waals surface area contributed by atoms with Gasteiger partial charge in [-0.1, -0.05) is 17.7 Å². The smallest absolute Gasteiger partial charge is 0.306 e. The number of aliphatic carboxylic acids is 1. The van der Waals surface area contributed by atoms with Gasteiger partial charge in [-0.15, -0.1) is 0 Å². The topological polar surface area (TPSA) is 75.4 Å². The van der Waals surface area contributed by atoms with Crippen LogP contribution in [-0.2, 0) is 29.1 Å². The van der Waals surface area contributed by atoms with E-state index in [9.17, 15) is 19.1 Å². The highest BCUT2D eigenvalue weighted by atomic mass is 35.5. The molecule has 0 atom stereocenters. The van der Waals surface area contributed by atoms with E-state index >= 15 is 0 Å². The van der Waals surface area contributed by atoms with Gasteiger partial charge in [0, 0.05) is 36.8 Å². The minimum Gasteiger partial charge on any atom is -0.481 e. The van der Waals surface area contributed by atoms with Gasteiger partial charge in [-0.2, -0.15) is 0 Å². The quantitative estimate of drug-likeness (QED) is 0.551. The number of carboxylic acids is 1. The minimum atomic E-state index is -0.725. The molecule has 0 radical (unpaired) electrons. The van der Waals surface area contributed by atoms with Crippen LogP contribution < -0.4 is 0 Å². The van der Waals surface area contributed by atoms with E-state index in [0.717, 1.165) is 41.6 Å². The molecular weight excluding hydrogens is 457 g/mol. The molecule has 6 nitrogen and oxygen atoms in total. The van der Waals surface area contributed by atoms with Gasteiger partial charge in [0.25, 0.3) is 0 Å². The van der Waals surface area contributed by atoms with Crippen molar-refractivity contribution in [1.29, 1.82) is 0 Å². The Kier molecular flexibility index (Phi) is 6.30. The van der Waals surface area contributed by atoms with Crippen LogP contribution in [0.25, 0.3) is 11.0 Å². The van der Waals surface area contributed by atoms with Crippen LogP contribution in [0.1, 0.15) is 48.9 Å². The van der Waals surface area contributed by atoms with E-state index in [1.165, 1.54) is 11.6 Å². The van der Waals surface area contributed by atoms with Crippen LogP contribution in [0.4, 0.5) is 4.39 Å². The molecule has 1 aliphatic carbocycles. The van der Waals surface area contributed by atoms with Gasteiger partial charge in [-0.05, 0) is 73.4 Å². The number of carboxylic acid groups (broad SMARTS) is 1. The first-order chi connectivity index (χ1) is 16.4. The number of amides is 1. The van der Waals surface area contributed by atoms with Crippen LogP contribution in [0.5, 0.6) is 0 Å². The summed E-state index contributed by atoms with van der Waals surface area (Å²) in [7, 11) is 0. The molecule has 1 saturated carbocycles. The average Bonchev–Trinajstić information content (AvgIpc) is 3.15. The lowest BCUT2D eigenvalue weighted by Gasteiger charge is -2.31. The molecule has 8 heteroatoms. The second kappa shape index (κ2) is 9.37.